The summed E-state index contributed by atoms with van der Waals surface area (Å²) in [6, 6.07) is 23.6. The van der Waals surface area contributed by atoms with Crippen LogP contribution in [0.1, 0.15) is 67.3 Å². The molecule has 0 unspecified atom stereocenters. The minimum atomic E-state index is -0.377. The lowest BCUT2D eigenvalue weighted by Gasteiger charge is -2.47. The Kier molecular flexibility index (Phi) is 12.6. The first-order valence-corrected chi connectivity index (χ1v) is 23.9. The lowest BCUT2D eigenvalue weighted by molar-refractivity contribution is -0.384. The zero-order valence-electron chi connectivity index (χ0n) is 36.0. The van der Waals surface area contributed by atoms with Gasteiger partial charge in [0.15, 0.2) is 0 Å². The molecule has 64 heavy (non-hydrogen) atoms. The number of nitrogens with one attached hydrogen (secondary N) is 3. The van der Waals surface area contributed by atoms with Gasteiger partial charge in [0, 0.05) is 78.6 Å². The number of ether oxygens (including phenoxy) is 2. The van der Waals surface area contributed by atoms with Gasteiger partial charge in [-0.15, -0.1) is 0 Å². The maximum Gasteiger partial charge on any atom is 0.293 e. The number of anilines is 2. The van der Waals surface area contributed by atoms with Gasteiger partial charge in [-0.25, -0.2) is 4.98 Å². The summed E-state index contributed by atoms with van der Waals surface area (Å²) < 4.78 is 14.8. The summed E-state index contributed by atoms with van der Waals surface area (Å²) in [5.74, 6) is 0.973. The van der Waals surface area contributed by atoms with Gasteiger partial charge >= 0.3 is 0 Å². The number of carbonyl (C=O) groups excluding carboxylic acids is 1. The van der Waals surface area contributed by atoms with E-state index in [1.54, 1.807) is 30.0 Å². The van der Waals surface area contributed by atoms with Gasteiger partial charge in [-0.2, -0.15) is 0 Å². The van der Waals surface area contributed by atoms with Crippen molar-refractivity contribution in [3.05, 3.63) is 117 Å². The lowest BCUT2D eigenvalue weighted by atomic mass is 9.59. The normalized spacial score (nSPS) is 19.7. The zero-order valence-corrected chi connectivity index (χ0v) is 37.6. The molecule has 0 bridgehead atoms. The molecule has 334 valence electrons. The highest BCUT2D eigenvalue weighted by molar-refractivity contribution is 7.98. The van der Waals surface area contributed by atoms with Gasteiger partial charge in [0.2, 0.25) is 0 Å². The predicted octanol–water partition coefficient (Wildman–Crippen LogP) is 9.81. The van der Waals surface area contributed by atoms with E-state index in [2.05, 4.69) is 46.8 Å². The molecule has 3 aliphatic heterocycles. The van der Waals surface area contributed by atoms with Crippen molar-refractivity contribution in [3.8, 4) is 11.5 Å². The zero-order chi connectivity index (χ0) is 43.6. The fourth-order valence-corrected chi connectivity index (χ4v) is 10.9. The molecule has 1 spiro atoms. The van der Waals surface area contributed by atoms with E-state index in [0.29, 0.717) is 51.6 Å². The Labute approximate surface area is 383 Å². The number of hydrogen-bond acceptors (Lipinski definition) is 11. The Balaban J connectivity index is 0.809. The van der Waals surface area contributed by atoms with E-state index in [9.17, 15) is 14.9 Å². The van der Waals surface area contributed by atoms with Crippen molar-refractivity contribution < 1.29 is 19.2 Å². The average Bonchev–Trinajstić information content (AvgIpc) is 3.76. The third-order valence-corrected chi connectivity index (χ3v) is 15.3. The molecule has 2 aliphatic carbocycles. The molecule has 0 atom stereocenters. The molecule has 15 heteroatoms. The number of nitro groups is 1. The van der Waals surface area contributed by atoms with E-state index in [1.807, 2.05) is 42.6 Å². The van der Waals surface area contributed by atoms with Crippen molar-refractivity contribution in [2.24, 2.45) is 11.3 Å². The highest BCUT2D eigenvalue weighted by atomic mass is 35.5. The molecule has 0 radical (unpaired) electrons. The van der Waals surface area contributed by atoms with E-state index < -0.39 is 0 Å². The van der Waals surface area contributed by atoms with Gasteiger partial charge < -0.3 is 24.7 Å². The molecule has 3 saturated heterocycles. The van der Waals surface area contributed by atoms with Crippen LogP contribution in [-0.4, -0.2) is 102 Å². The maximum absolute atomic E-state index is 14.0. The van der Waals surface area contributed by atoms with Crippen LogP contribution < -0.4 is 19.7 Å². The molecule has 10 rings (SSSR count). The van der Waals surface area contributed by atoms with Crippen LogP contribution in [0.3, 0.4) is 0 Å². The number of fused-ring (bicyclic) bond motifs is 1. The number of pyridine rings is 1. The smallest absolute Gasteiger partial charge is 0.293 e. The number of carbonyl (C=O) groups is 1. The number of aromatic nitrogens is 2. The summed E-state index contributed by atoms with van der Waals surface area (Å²) in [5.41, 5.74) is 7.40. The second-order valence-corrected chi connectivity index (χ2v) is 19.6. The van der Waals surface area contributed by atoms with Gasteiger partial charge in [-0.3, -0.25) is 29.4 Å². The van der Waals surface area contributed by atoms with Crippen molar-refractivity contribution in [2.45, 2.75) is 62.3 Å². The number of aromatic amines is 1. The Bertz CT molecular complexity index is 2530. The van der Waals surface area contributed by atoms with Crippen molar-refractivity contribution in [3.63, 3.8) is 0 Å². The quantitative estimate of drug-likeness (QED) is 0.0557. The number of amides is 1. The lowest BCUT2D eigenvalue weighted by Crippen LogP contribution is -2.52. The molecule has 1 saturated carbocycles. The van der Waals surface area contributed by atoms with Crippen LogP contribution in [0, 0.1) is 21.4 Å². The first kappa shape index (κ1) is 42.8. The molecule has 4 fully saturated rings. The molecule has 1 amide bonds. The molecule has 3 N–H and O–H groups in total. The van der Waals surface area contributed by atoms with Crippen LogP contribution in [0.25, 0.3) is 16.6 Å². The van der Waals surface area contributed by atoms with Crippen LogP contribution in [-0.2, 0) is 4.74 Å². The summed E-state index contributed by atoms with van der Waals surface area (Å²) >= 11 is 7.34. The number of benzene rings is 3. The number of hydrogen-bond donors (Lipinski definition) is 3. The number of piperazine rings is 1. The third kappa shape index (κ3) is 9.48. The van der Waals surface area contributed by atoms with E-state index in [4.69, 9.17) is 21.1 Å². The summed E-state index contributed by atoms with van der Waals surface area (Å²) in [6.45, 7) is 8.84. The average molecular weight is 904 g/mol. The minimum Gasteiger partial charge on any atom is -0.455 e. The number of nitro benzene ring substituents is 1. The molecule has 2 aromatic heterocycles. The number of rotatable bonds is 14. The molecule has 5 aliphatic rings. The Hall–Kier alpha value is -5.12. The molecule has 5 heterocycles. The molecular formula is C49H55ClN8O5S. The van der Waals surface area contributed by atoms with Crippen molar-refractivity contribution in [1.29, 1.82) is 0 Å². The molecule has 13 nitrogen and oxygen atoms in total. The Morgan fingerprint density at radius 1 is 0.984 bits per heavy atom. The summed E-state index contributed by atoms with van der Waals surface area (Å²) in [7, 11) is 0. The topological polar surface area (TPSA) is 141 Å². The number of likely N-dealkylation sites (tertiary alicyclic amines) is 1. The first-order valence-electron chi connectivity index (χ1n) is 22.7. The highest BCUT2D eigenvalue weighted by Crippen LogP contribution is 2.55. The van der Waals surface area contributed by atoms with Crippen molar-refractivity contribution >= 4 is 63.1 Å². The fourth-order valence-electron chi connectivity index (χ4n) is 10.2. The van der Waals surface area contributed by atoms with Gasteiger partial charge in [-0.05, 0) is 141 Å². The Morgan fingerprint density at radius 2 is 1.80 bits per heavy atom. The van der Waals surface area contributed by atoms with Crippen LogP contribution in [0.5, 0.6) is 11.5 Å². The number of allylic oxidation sites excluding steroid dienone is 1. The van der Waals surface area contributed by atoms with Gasteiger partial charge in [0.1, 0.15) is 22.8 Å². The number of halogens is 1. The SMILES string of the molecule is O=C(NSc1ccc(NCC2CCN(C3COC3)CC2)c([N+](=O)[O-])c1)c1ccc(N2CCN(CC3=C(c4ccc(Cl)cc4)CC4(CCC4)CC3)CC2)cc1Oc1cnc2[nH]ccc2c1. The monoisotopic (exact) mass is 902 g/mol. The summed E-state index contributed by atoms with van der Waals surface area (Å²) in [5, 5.41) is 17.2. The van der Waals surface area contributed by atoms with Crippen LogP contribution >= 0.6 is 23.5 Å². The van der Waals surface area contributed by atoms with Crippen LogP contribution in [0.4, 0.5) is 17.1 Å². The van der Waals surface area contributed by atoms with Gasteiger partial charge in [-0.1, -0.05) is 35.7 Å². The second-order valence-electron chi connectivity index (χ2n) is 18.3. The van der Waals surface area contributed by atoms with E-state index >= 15 is 0 Å². The van der Waals surface area contributed by atoms with E-state index in [-0.39, 0.29) is 16.5 Å². The number of piperidine rings is 1. The highest BCUT2D eigenvalue weighted by Gasteiger charge is 2.41. The number of H-pyrrole nitrogens is 1. The maximum atomic E-state index is 14.0. The standard InChI is InChI=1S/C49H55ClN8O5S/c50-37-4-2-34(3-5-37)43-27-49(14-1-15-49)16-10-36(43)30-55-20-22-57(23-21-55)38-6-8-42(46(25-38)63-40-24-35-11-17-51-47(35)53-29-40)48(59)54-64-41-7-9-44(45(26-41)58(60)61)52-28-33-12-18-56(19-13-33)39-31-62-32-39/h2-9,11,17,24-26,29,33,39,52H,1,10,12-16,18-23,27-28,30-32H2,(H,51,53)(H,54,59). The van der Waals surface area contributed by atoms with Crippen molar-refractivity contribution in [2.75, 3.05) is 75.8 Å². The second kappa shape index (κ2) is 18.8. The fraction of sp³-hybridized carbons (Fsp3) is 0.429. The first-order chi connectivity index (χ1) is 31.2. The van der Waals surface area contributed by atoms with E-state index in [1.165, 1.54) is 49.3 Å². The van der Waals surface area contributed by atoms with Crippen molar-refractivity contribution in [1.82, 2.24) is 24.5 Å². The van der Waals surface area contributed by atoms with Gasteiger partial charge in [0.05, 0.1) is 35.9 Å². The molecule has 3 aromatic carbocycles. The molecule has 5 aromatic rings. The molecular weight excluding hydrogens is 848 g/mol. The minimum absolute atomic E-state index is 0.0241. The third-order valence-electron chi connectivity index (χ3n) is 14.3. The van der Waals surface area contributed by atoms with Crippen LogP contribution in [0.2, 0.25) is 5.02 Å². The Morgan fingerprint density at radius 3 is 2.53 bits per heavy atom. The summed E-state index contributed by atoms with van der Waals surface area (Å²) in [6.07, 6.45) is 13.2. The van der Waals surface area contributed by atoms with Gasteiger partial charge in [0.25, 0.3) is 11.6 Å². The number of nitrogens with zero attached hydrogens (tertiary/aromatic N) is 5. The summed E-state index contributed by atoms with van der Waals surface area (Å²) in [4.78, 5) is 41.4. The largest absolute Gasteiger partial charge is 0.455 e. The van der Waals surface area contributed by atoms with E-state index in [0.717, 1.165) is 112 Å². The predicted molar refractivity (Wildman–Crippen MR) is 254 cm³/mol. The van der Waals surface area contributed by atoms with Crippen LogP contribution in [0.15, 0.2) is 95.7 Å².